The normalized spacial score (nSPS) is 10.3. The van der Waals surface area contributed by atoms with Crippen LogP contribution >= 0.6 is 0 Å². The molecule has 98 valence electrons. The van der Waals surface area contributed by atoms with E-state index in [1.807, 2.05) is 0 Å². The largest absolute Gasteiger partial charge is 0.300 e. The van der Waals surface area contributed by atoms with E-state index in [-0.39, 0.29) is 18.2 Å². The number of halogens is 2. The van der Waals surface area contributed by atoms with Crippen molar-refractivity contribution in [2.75, 3.05) is 6.61 Å². The molecule has 0 saturated heterocycles. The Hall–Kier alpha value is -2.04. The van der Waals surface area contributed by atoms with Crippen LogP contribution in [0.4, 0.5) is 8.78 Å². The predicted octanol–water partition coefficient (Wildman–Crippen LogP) is 3.29. The molecule has 0 unspecified atom stereocenters. The Labute approximate surface area is 110 Å². The Bertz CT molecular complexity index is 514. The summed E-state index contributed by atoms with van der Waals surface area (Å²) in [4.78, 5) is 4.54. The van der Waals surface area contributed by atoms with Gasteiger partial charge < -0.3 is 4.84 Å². The fraction of sp³-hybridized carbons (Fsp3) is 0.0667. The molecule has 0 aromatic heterocycles. The van der Waals surface area contributed by atoms with Gasteiger partial charge in [-0.1, -0.05) is 24.3 Å². The minimum absolute atomic E-state index is 0.212. The molecule has 4 heteroatoms. The molecule has 0 atom stereocenters. The van der Waals surface area contributed by atoms with Crippen molar-refractivity contribution in [3.8, 4) is 0 Å². The van der Waals surface area contributed by atoms with Gasteiger partial charge in [0.15, 0.2) is 0 Å². The molecule has 2 N–H and O–H groups in total. The molecule has 2 rings (SSSR count). The second-order valence-electron chi connectivity index (χ2n) is 3.96. The molecule has 0 aliphatic rings. The maximum Gasteiger partial charge on any atom is 0.123 e. The Balaban J connectivity index is 2.41. The lowest BCUT2D eigenvalue weighted by molar-refractivity contribution is 0.168. The van der Waals surface area contributed by atoms with Crippen LogP contribution in [-0.2, 0) is 4.84 Å². The van der Waals surface area contributed by atoms with E-state index in [0.29, 0.717) is 0 Å². The summed E-state index contributed by atoms with van der Waals surface area (Å²) in [5.74, 6) is 4.40. The van der Waals surface area contributed by atoms with Crippen LogP contribution in [0, 0.1) is 11.6 Å². The lowest BCUT2D eigenvalue weighted by atomic mass is 9.97. The maximum absolute atomic E-state index is 12.9. The van der Waals surface area contributed by atoms with Crippen LogP contribution in [0.25, 0.3) is 5.57 Å². The zero-order valence-electron chi connectivity index (χ0n) is 10.1. The molecule has 0 fully saturated rings. The minimum atomic E-state index is -0.308. The Morgan fingerprint density at radius 2 is 1.32 bits per heavy atom. The zero-order chi connectivity index (χ0) is 13.7. The fourth-order valence-electron chi connectivity index (χ4n) is 1.79. The van der Waals surface area contributed by atoms with Gasteiger partial charge >= 0.3 is 0 Å². The molecule has 0 aliphatic carbocycles. The zero-order valence-corrected chi connectivity index (χ0v) is 10.1. The molecule has 0 spiro atoms. The summed E-state index contributed by atoms with van der Waals surface area (Å²) in [6.45, 7) is 0.212. The predicted molar refractivity (Wildman–Crippen MR) is 70.0 cm³/mol. The first-order chi connectivity index (χ1) is 9.20. The molecule has 2 aromatic rings. The number of nitrogens with two attached hydrogens (primary N) is 1. The van der Waals surface area contributed by atoms with E-state index in [4.69, 9.17) is 5.90 Å². The highest BCUT2D eigenvalue weighted by Gasteiger charge is 2.05. The molecule has 0 amide bonds. The topological polar surface area (TPSA) is 35.2 Å². The monoisotopic (exact) mass is 261 g/mol. The molecule has 0 aliphatic heterocycles. The molecule has 0 bridgehead atoms. The molecular weight excluding hydrogens is 248 g/mol. The molecular formula is C15H13F2NO. The van der Waals surface area contributed by atoms with Crippen LogP contribution < -0.4 is 5.90 Å². The van der Waals surface area contributed by atoms with Gasteiger partial charge in [-0.2, -0.15) is 0 Å². The Morgan fingerprint density at radius 1 is 0.895 bits per heavy atom. The lowest BCUT2D eigenvalue weighted by Crippen LogP contribution is -1.99. The van der Waals surface area contributed by atoms with E-state index in [0.717, 1.165) is 16.7 Å². The number of hydrogen-bond acceptors (Lipinski definition) is 2. The first kappa shape index (κ1) is 13.4. The summed E-state index contributed by atoms with van der Waals surface area (Å²) >= 11 is 0. The van der Waals surface area contributed by atoms with Crippen molar-refractivity contribution in [1.29, 1.82) is 0 Å². The molecule has 0 radical (unpaired) electrons. The van der Waals surface area contributed by atoms with E-state index in [2.05, 4.69) is 4.84 Å². The first-order valence-corrected chi connectivity index (χ1v) is 5.74. The van der Waals surface area contributed by atoms with Crippen molar-refractivity contribution in [2.24, 2.45) is 5.90 Å². The smallest absolute Gasteiger partial charge is 0.123 e. The lowest BCUT2D eigenvalue weighted by Gasteiger charge is -2.08. The number of benzene rings is 2. The highest BCUT2D eigenvalue weighted by atomic mass is 19.1. The molecule has 2 aromatic carbocycles. The second-order valence-corrected chi connectivity index (χ2v) is 3.96. The van der Waals surface area contributed by atoms with Gasteiger partial charge in [0.1, 0.15) is 11.6 Å². The van der Waals surface area contributed by atoms with Gasteiger partial charge in [-0.25, -0.2) is 14.7 Å². The van der Waals surface area contributed by atoms with Crippen LogP contribution in [0.1, 0.15) is 11.1 Å². The third kappa shape index (κ3) is 3.47. The van der Waals surface area contributed by atoms with Crippen molar-refractivity contribution in [1.82, 2.24) is 0 Å². The van der Waals surface area contributed by atoms with Gasteiger partial charge in [0.2, 0.25) is 0 Å². The van der Waals surface area contributed by atoms with Crippen LogP contribution in [-0.4, -0.2) is 6.61 Å². The molecule has 0 heterocycles. The van der Waals surface area contributed by atoms with Gasteiger partial charge in [-0.05, 0) is 47.0 Å². The number of hydrogen-bond donors (Lipinski definition) is 1. The summed E-state index contributed by atoms with van der Waals surface area (Å²) in [5, 5.41) is 0. The van der Waals surface area contributed by atoms with Gasteiger partial charge in [0.25, 0.3) is 0 Å². The van der Waals surface area contributed by atoms with E-state index in [1.54, 1.807) is 30.3 Å². The standard InChI is InChI=1S/C15H13F2NO/c16-13-5-1-11(2-6-13)15(9-10-19-18)12-3-7-14(17)8-4-12/h1-9H,10,18H2. The van der Waals surface area contributed by atoms with Crippen molar-refractivity contribution in [2.45, 2.75) is 0 Å². The fourth-order valence-corrected chi connectivity index (χ4v) is 1.79. The van der Waals surface area contributed by atoms with Crippen molar-refractivity contribution in [3.05, 3.63) is 77.4 Å². The van der Waals surface area contributed by atoms with Gasteiger partial charge in [0, 0.05) is 0 Å². The Morgan fingerprint density at radius 3 is 1.68 bits per heavy atom. The highest BCUT2D eigenvalue weighted by Crippen LogP contribution is 2.23. The first-order valence-electron chi connectivity index (χ1n) is 5.74. The van der Waals surface area contributed by atoms with E-state index in [9.17, 15) is 8.78 Å². The van der Waals surface area contributed by atoms with Crippen molar-refractivity contribution >= 4 is 5.57 Å². The van der Waals surface area contributed by atoms with E-state index < -0.39 is 0 Å². The summed E-state index contributed by atoms with van der Waals surface area (Å²) in [6.07, 6.45) is 1.76. The van der Waals surface area contributed by atoms with Crippen molar-refractivity contribution < 1.29 is 13.6 Å². The summed E-state index contributed by atoms with van der Waals surface area (Å²) < 4.78 is 25.9. The van der Waals surface area contributed by atoms with Gasteiger partial charge in [-0.3, -0.25) is 0 Å². The van der Waals surface area contributed by atoms with Gasteiger partial charge in [0.05, 0.1) is 6.61 Å². The SMILES string of the molecule is NOCC=C(c1ccc(F)cc1)c1ccc(F)cc1. The maximum atomic E-state index is 12.9. The van der Waals surface area contributed by atoms with Crippen LogP contribution in [0.3, 0.4) is 0 Å². The van der Waals surface area contributed by atoms with E-state index in [1.165, 1.54) is 24.3 Å². The average Bonchev–Trinajstić information content (AvgIpc) is 2.43. The minimum Gasteiger partial charge on any atom is -0.300 e. The van der Waals surface area contributed by atoms with Crippen LogP contribution in [0.15, 0.2) is 54.6 Å². The summed E-state index contributed by atoms with van der Waals surface area (Å²) in [7, 11) is 0. The summed E-state index contributed by atoms with van der Waals surface area (Å²) in [6, 6.07) is 12.1. The Kier molecular flexibility index (Phi) is 4.39. The van der Waals surface area contributed by atoms with Gasteiger partial charge in [-0.15, -0.1) is 0 Å². The molecule has 19 heavy (non-hydrogen) atoms. The summed E-state index contributed by atoms with van der Waals surface area (Å²) in [5.41, 5.74) is 2.43. The quantitative estimate of drug-likeness (QED) is 0.857. The van der Waals surface area contributed by atoms with E-state index >= 15 is 0 Å². The highest BCUT2D eigenvalue weighted by molar-refractivity contribution is 5.79. The third-order valence-corrected chi connectivity index (χ3v) is 2.69. The third-order valence-electron chi connectivity index (χ3n) is 2.69. The molecule has 0 saturated carbocycles. The van der Waals surface area contributed by atoms with Crippen molar-refractivity contribution in [3.63, 3.8) is 0 Å². The molecule has 2 nitrogen and oxygen atoms in total. The second kappa shape index (κ2) is 6.22. The average molecular weight is 261 g/mol. The van der Waals surface area contributed by atoms with Crippen LogP contribution in [0.2, 0.25) is 0 Å². The number of rotatable bonds is 4. The van der Waals surface area contributed by atoms with Crippen LogP contribution in [0.5, 0.6) is 0 Å².